The average Bonchev–Trinajstić information content (AvgIpc) is 2.89. The number of aliphatic carboxylic acids is 1. The molecule has 0 bridgehead atoms. The van der Waals surface area contributed by atoms with Crippen molar-refractivity contribution in [3.05, 3.63) is 23.5 Å². The normalized spacial score (nSPS) is 51.9. The molecule has 0 amide bonds. The molecule has 3 fully saturated rings. The molecule has 0 spiro atoms. The van der Waals surface area contributed by atoms with Gasteiger partial charge in [-0.2, -0.15) is 0 Å². The van der Waals surface area contributed by atoms with Gasteiger partial charge in [0.15, 0.2) is 11.4 Å². The van der Waals surface area contributed by atoms with Crippen LogP contribution in [-0.4, -0.2) is 49.6 Å². The van der Waals surface area contributed by atoms with Gasteiger partial charge >= 0.3 is 5.97 Å². The third-order valence-electron chi connectivity index (χ3n) is 8.66. The maximum Gasteiger partial charge on any atom is 0.336 e. The Morgan fingerprint density at radius 1 is 1.29 bits per heavy atom. The molecular weight excluding hydrogens is 367 g/mol. The Hall–Kier alpha value is -1.73. The van der Waals surface area contributed by atoms with Crippen LogP contribution in [0.1, 0.15) is 52.4 Å². The highest BCUT2D eigenvalue weighted by Gasteiger charge is 2.74. The number of alkyl halides is 1. The zero-order chi connectivity index (χ0) is 20.7. The highest BCUT2D eigenvalue weighted by molar-refractivity contribution is 6.05. The van der Waals surface area contributed by atoms with E-state index in [1.807, 2.05) is 0 Å². The summed E-state index contributed by atoms with van der Waals surface area (Å²) in [6.45, 7) is 3.34. The van der Waals surface area contributed by atoms with E-state index in [1.54, 1.807) is 13.8 Å². The van der Waals surface area contributed by atoms with Gasteiger partial charge < -0.3 is 20.4 Å². The number of carbonyl (C=O) groups is 2. The second-order valence-corrected chi connectivity index (χ2v) is 9.56. The van der Waals surface area contributed by atoms with Gasteiger partial charge in [0.1, 0.15) is 5.67 Å². The van der Waals surface area contributed by atoms with E-state index in [-0.39, 0.29) is 36.5 Å². The van der Waals surface area contributed by atoms with Crippen LogP contribution in [0.25, 0.3) is 0 Å². The molecule has 0 radical (unpaired) electrons. The number of carboxylic acid groups (broad SMARTS) is 1. The zero-order valence-electron chi connectivity index (χ0n) is 16.1. The minimum atomic E-state index is -2.07. The number of rotatable bonds is 1. The molecule has 0 heterocycles. The van der Waals surface area contributed by atoms with Gasteiger partial charge in [-0.3, -0.25) is 4.79 Å². The summed E-state index contributed by atoms with van der Waals surface area (Å²) in [6, 6.07) is 0. The van der Waals surface area contributed by atoms with Crippen LogP contribution >= 0.6 is 0 Å². The lowest BCUT2D eigenvalue weighted by Crippen LogP contribution is -2.69. The van der Waals surface area contributed by atoms with Gasteiger partial charge in [-0.25, -0.2) is 9.18 Å². The molecule has 4 N–H and O–H groups in total. The van der Waals surface area contributed by atoms with E-state index in [9.17, 15) is 30.0 Å². The van der Waals surface area contributed by atoms with Gasteiger partial charge in [0.2, 0.25) is 0 Å². The van der Waals surface area contributed by atoms with Crippen LogP contribution in [0, 0.1) is 22.7 Å². The van der Waals surface area contributed by atoms with E-state index in [1.165, 1.54) is 6.08 Å². The van der Waals surface area contributed by atoms with E-state index >= 15 is 4.39 Å². The van der Waals surface area contributed by atoms with Crippen LogP contribution in [0.5, 0.6) is 0 Å². The van der Waals surface area contributed by atoms with E-state index in [2.05, 4.69) is 0 Å². The summed E-state index contributed by atoms with van der Waals surface area (Å²) in [5.41, 5.74) is -5.61. The fourth-order valence-electron chi connectivity index (χ4n) is 7.01. The summed E-state index contributed by atoms with van der Waals surface area (Å²) >= 11 is 0. The van der Waals surface area contributed by atoms with Crippen LogP contribution < -0.4 is 0 Å². The Balaban J connectivity index is 1.84. The number of hydrogen-bond donors (Lipinski definition) is 4. The minimum absolute atomic E-state index is 0.00907. The number of ketones is 1. The number of hydrogen-bond acceptors (Lipinski definition) is 5. The fourth-order valence-corrected chi connectivity index (χ4v) is 7.01. The van der Waals surface area contributed by atoms with E-state index < -0.39 is 40.1 Å². The van der Waals surface area contributed by atoms with Gasteiger partial charge in [-0.1, -0.05) is 19.4 Å². The van der Waals surface area contributed by atoms with Gasteiger partial charge in [0.05, 0.1) is 12.4 Å². The van der Waals surface area contributed by atoms with Crippen molar-refractivity contribution in [2.45, 2.75) is 69.7 Å². The van der Waals surface area contributed by atoms with Gasteiger partial charge in [-0.15, -0.1) is 0 Å². The summed E-state index contributed by atoms with van der Waals surface area (Å²) in [7, 11) is 0. The lowest BCUT2D eigenvalue weighted by molar-refractivity contribution is -0.229. The largest absolute Gasteiger partial charge is 0.515 e. The van der Waals surface area contributed by atoms with Crippen LogP contribution in [0.15, 0.2) is 23.5 Å². The predicted molar refractivity (Wildman–Crippen MR) is 97.1 cm³/mol. The number of carbonyl (C=O) groups excluding carboxylic acids is 1. The Kier molecular flexibility index (Phi) is 3.96. The topological polar surface area (TPSA) is 115 Å². The van der Waals surface area contributed by atoms with Crippen molar-refractivity contribution in [1.82, 2.24) is 0 Å². The minimum Gasteiger partial charge on any atom is -0.515 e. The molecule has 0 aromatic carbocycles. The van der Waals surface area contributed by atoms with Crippen LogP contribution in [-0.2, 0) is 9.59 Å². The van der Waals surface area contributed by atoms with Gasteiger partial charge in [0, 0.05) is 22.3 Å². The molecule has 0 unspecified atom stereocenters. The lowest BCUT2D eigenvalue weighted by atomic mass is 9.43. The molecule has 7 atom stereocenters. The van der Waals surface area contributed by atoms with Crippen LogP contribution in [0.2, 0.25) is 0 Å². The second kappa shape index (κ2) is 5.66. The first-order valence-electron chi connectivity index (χ1n) is 9.87. The van der Waals surface area contributed by atoms with Crippen LogP contribution in [0.3, 0.4) is 0 Å². The zero-order valence-corrected chi connectivity index (χ0v) is 16.1. The highest BCUT2D eigenvalue weighted by atomic mass is 19.1. The first-order chi connectivity index (χ1) is 13.0. The SMILES string of the molecule is C[C@]12CC(=CO)C(=O)C=C1CC[C@H]1[C@@H]3CC[C@](O)(C(=O)O)[C@@]3(C)C[C@H](O)[C@@]12F. The van der Waals surface area contributed by atoms with E-state index in [0.29, 0.717) is 31.1 Å². The molecule has 0 aromatic rings. The van der Waals surface area contributed by atoms with Crippen molar-refractivity contribution >= 4 is 11.8 Å². The summed E-state index contributed by atoms with van der Waals surface area (Å²) < 4.78 is 16.9. The summed E-state index contributed by atoms with van der Waals surface area (Å²) in [4.78, 5) is 24.0. The number of aliphatic hydroxyl groups excluding tert-OH is 2. The quantitative estimate of drug-likeness (QED) is 0.401. The Bertz CT molecular complexity index is 820. The van der Waals surface area contributed by atoms with E-state index in [0.717, 1.165) is 0 Å². The first kappa shape index (κ1) is 19.6. The highest BCUT2D eigenvalue weighted by Crippen LogP contribution is 2.70. The number of carboxylic acids is 1. The number of allylic oxidation sites excluding steroid dienone is 2. The first-order valence-corrected chi connectivity index (χ1v) is 9.87. The fraction of sp³-hybridized carbons (Fsp3) is 0.714. The van der Waals surface area contributed by atoms with Crippen molar-refractivity contribution in [1.29, 1.82) is 0 Å². The maximum absolute atomic E-state index is 16.9. The Morgan fingerprint density at radius 2 is 1.96 bits per heavy atom. The van der Waals surface area contributed by atoms with Crippen molar-refractivity contribution < 1.29 is 34.4 Å². The number of fused-ring (bicyclic) bond motifs is 5. The summed E-state index contributed by atoms with van der Waals surface area (Å²) in [5, 5.41) is 41.0. The average molecular weight is 394 g/mol. The molecule has 28 heavy (non-hydrogen) atoms. The summed E-state index contributed by atoms with van der Waals surface area (Å²) in [5.74, 6) is -2.69. The smallest absolute Gasteiger partial charge is 0.336 e. The maximum atomic E-state index is 16.9. The molecule has 0 aliphatic heterocycles. The number of halogens is 1. The third kappa shape index (κ3) is 1.99. The molecule has 3 saturated carbocycles. The van der Waals surface area contributed by atoms with Gasteiger partial charge in [0.25, 0.3) is 0 Å². The molecule has 7 heteroatoms. The molecule has 6 nitrogen and oxygen atoms in total. The second-order valence-electron chi connectivity index (χ2n) is 9.56. The van der Waals surface area contributed by atoms with E-state index in [4.69, 9.17) is 0 Å². The van der Waals surface area contributed by atoms with Crippen molar-refractivity contribution in [2.75, 3.05) is 0 Å². The van der Waals surface area contributed by atoms with Crippen molar-refractivity contribution in [3.8, 4) is 0 Å². The van der Waals surface area contributed by atoms with Crippen molar-refractivity contribution in [2.24, 2.45) is 22.7 Å². The Morgan fingerprint density at radius 3 is 2.57 bits per heavy atom. The predicted octanol–water partition coefficient (Wildman–Crippen LogP) is 2.45. The van der Waals surface area contributed by atoms with Crippen LogP contribution in [0.4, 0.5) is 4.39 Å². The lowest BCUT2D eigenvalue weighted by Gasteiger charge is -2.63. The summed E-state index contributed by atoms with van der Waals surface area (Å²) in [6.07, 6.45) is 1.70. The molecule has 154 valence electrons. The van der Waals surface area contributed by atoms with Crippen molar-refractivity contribution in [3.63, 3.8) is 0 Å². The molecular formula is C21H27FO6. The molecule has 4 rings (SSSR count). The van der Waals surface area contributed by atoms with Gasteiger partial charge in [-0.05, 0) is 50.5 Å². The third-order valence-corrected chi connectivity index (χ3v) is 8.66. The molecule has 4 aliphatic carbocycles. The standard InChI is InChI=1S/C21H27FO6/c1-18-8-11(10-23)15(24)7-12(18)3-4-14-13-5-6-20(28,17(26)27)19(13,2)9-16(25)21(14,18)22/h7,10,13-14,16,23,25,28H,3-6,8-9H2,1-2H3,(H,26,27)/t13-,14-,16-,18-,19-,20-,21-/m0/s1. The Labute approximate surface area is 162 Å². The monoisotopic (exact) mass is 394 g/mol. The number of aliphatic hydroxyl groups is 3. The molecule has 0 aromatic heterocycles. The molecule has 4 aliphatic rings. The molecule has 0 saturated heterocycles.